The van der Waals surface area contributed by atoms with Crippen molar-refractivity contribution in [1.82, 2.24) is 4.31 Å². The third-order valence-corrected chi connectivity index (χ3v) is 10.5. The molecule has 0 saturated heterocycles. The Hall–Kier alpha value is -3.15. The molecule has 0 saturated carbocycles. The summed E-state index contributed by atoms with van der Waals surface area (Å²) < 4.78 is 58.3. The van der Waals surface area contributed by atoms with E-state index in [2.05, 4.69) is 0 Å². The topological polar surface area (TPSA) is 74.8 Å². The number of hydrogen-bond donors (Lipinski definition) is 0. The summed E-state index contributed by atoms with van der Waals surface area (Å²) in [7, 11) is -7.82. The molecule has 0 atom stereocenters. The van der Waals surface area contributed by atoms with Gasteiger partial charge in [0, 0.05) is 16.3 Å². The van der Waals surface area contributed by atoms with E-state index in [4.69, 9.17) is 0 Å². The van der Waals surface area contributed by atoms with Gasteiger partial charge in [-0.15, -0.1) is 0 Å². The first kappa shape index (κ1) is 29.8. The molecule has 0 spiro atoms. The third-order valence-electron chi connectivity index (χ3n) is 6.32. The van der Waals surface area contributed by atoms with Crippen molar-refractivity contribution in [1.29, 1.82) is 0 Å². The van der Waals surface area contributed by atoms with E-state index in [9.17, 15) is 16.8 Å². The molecule has 0 amide bonds. The number of halogens is 1. The summed E-state index contributed by atoms with van der Waals surface area (Å²) in [6.07, 6.45) is 2.04. The zero-order valence-electron chi connectivity index (χ0n) is 22.3. The van der Waals surface area contributed by atoms with E-state index < -0.39 is 20.0 Å². The van der Waals surface area contributed by atoms with Crippen LogP contribution in [0.1, 0.15) is 16.7 Å². The molecule has 0 aliphatic rings. The Morgan fingerprint density at radius 3 is 1.68 bits per heavy atom. The second-order valence-corrected chi connectivity index (χ2v) is 14.5. The molecule has 0 aliphatic carbocycles. The van der Waals surface area contributed by atoms with E-state index in [0.717, 1.165) is 16.7 Å². The zero-order chi connectivity index (χ0) is 28.8. The van der Waals surface area contributed by atoms with Gasteiger partial charge in [-0.2, -0.15) is 0 Å². The summed E-state index contributed by atoms with van der Waals surface area (Å²) in [5.41, 5.74) is 3.40. The molecule has 4 rings (SSSR count). The molecule has 4 aromatic carbocycles. The number of aryl methyl sites for hydroxylation is 2. The van der Waals surface area contributed by atoms with Crippen molar-refractivity contribution in [2.24, 2.45) is 0 Å². The fourth-order valence-electron chi connectivity index (χ4n) is 4.06. The Morgan fingerprint density at radius 2 is 1.15 bits per heavy atom. The van der Waals surface area contributed by atoms with Crippen LogP contribution in [0.2, 0.25) is 0 Å². The average Bonchev–Trinajstić information content (AvgIpc) is 2.95. The van der Waals surface area contributed by atoms with Crippen LogP contribution < -0.4 is 4.31 Å². The minimum absolute atomic E-state index is 0.0357. The van der Waals surface area contributed by atoms with Crippen LogP contribution in [0.4, 0.5) is 5.69 Å². The Balaban J connectivity index is 1.71. The summed E-state index contributed by atoms with van der Waals surface area (Å²) in [5, 5.41) is 0. The molecule has 9 heteroatoms. The number of benzene rings is 4. The fraction of sp³-hybridized carbons (Fsp3) is 0.161. The first-order chi connectivity index (χ1) is 19.1. The molecule has 6 nitrogen and oxygen atoms in total. The second-order valence-electron chi connectivity index (χ2n) is 9.40. The van der Waals surface area contributed by atoms with Gasteiger partial charge in [-0.3, -0.25) is 8.61 Å². The van der Waals surface area contributed by atoms with Crippen LogP contribution in [-0.2, 0) is 26.5 Å². The molecule has 0 aromatic heterocycles. The van der Waals surface area contributed by atoms with E-state index in [1.54, 1.807) is 79.0 Å². The van der Waals surface area contributed by atoms with Gasteiger partial charge in [0.2, 0.25) is 0 Å². The van der Waals surface area contributed by atoms with Gasteiger partial charge in [-0.25, -0.2) is 16.8 Å². The lowest BCUT2D eigenvalue weighted by Crippen LogP contribution is -2.33. The standard InChI is InChI=1S/C31H31IN2O4S2/c1-25-13-17-30(18-14-25)39(35,36)33(22-21-27-9-5-3-6-10-27)23-28(32)24-34(29-11-7-4-8-12-29)40(37,38)31-19-15-26(2)16-20-31/h3-20,23H,21-22,24H2,1-2H3/b28-23-. The highest BCUT2D eigenvalue weighted by molar-refractivity contribution is 14.1. The lowest BCUT2D eigenvalue weighted by atomic mass is 10.1. The molecule has 208 valence electrons. The van der Waals surface area contributed by atoms with Gasteiger partial charge < -0.3 is 0 Å². The minimum atomic E-state index is -3.93. The number of rotatable bonds is 11. The number of hydrogen-bond acceptors (Lipinski definition) is 4. The van der Waals surface area contributed by atoms with Crippen molar-refractivity contribution in [3.8, 4) is 0 Å². The van der Waals surface area contributed by atoms with Crippen molar-refractivity contribution in [2.45, 2.75) is 30.1 Å². The van der Waals surface area contributed by atoms with E-state index >= 15 is 0 Å². The maximum Gasteiger partial charge on any atom is 0.264 e. The summed E-state index contributed by atoms with van der Waals surface area (Å²) >= 11 is 2.03. The van der Waals surface area contributed by atoms with Crippen LogP contribution in [0.5, 0.6) is 0 Å². The van der Waals surface area contributed by atoms with Gasteiger partial charge in [0.1, 0.15) is 0 Å². The van der Waals surface area contributed by atoms with Crippen molar-refractivity contribution in [3.63, 3.8) is 0 Å². The van der Waals surface area contributed by atoms with E-state index in [1.807, 2.05) is 72.8 Å². The van der Waals surface area contributed by atoms with Gasteiger partial charge >= 0.3 is 0 Å². The van der Waals surface area contributed by atoms with Crippen LogP contribution in [0.3, 0.4) is 0 Å². The monoisotopic (exact) mass is 686 g/mol. The number of sulfonamides is 2. The molecule has 40 heavy (non-hydrogen) atoms. The quantitative estimate of drug-likeness (QED) is 0.165. The molecule has 0 radical (unpaired) electrons. The Labute approximate surface area is 251 Å². The van der Waals surface area contributed by atoms with Crippen LogP contribution >= 0.6 is 22.6 Å². The van der Waals surface area contributed by atoms with Crippen molar-refractivity contribution in [2.75, 3.05) is 17.4 Å². The fourth-order valence-corrected chi connectivity index (χ4v) is 7.95. The molecule has 0 fully saturated rings. The summed E-state index contributed by atoms with van der Waals surface area (Å²) in [6.45, 7) is 3.96. The van der Waals surface area contributed by atoms with Crippen LogP contribution in [0.15, 0.2) is 129 Å². The van der Waals surface area contributed by atoms with Crippen LogP contribution in [0, 0.1) is 13.8 Å². The molecule has 0 aliphatic heterocycles. The second kappa shape index (κ2) is 13.0. The molecule has 0 bridgehead atoms. The SMILES string of the molecule is Cc1ccc(S(=O)(=O)N(/C=C(\I)CN(c2ccccc2)S(=O)(=O)c2ccc(C)cc2)CCc2ccccc2)cc1. The summed E-state index contributed by atoms with van der Waals surface area (Å²) in [4.78, 5) is 0.346. The van der Waals surface area contributed by atoms with E-state index in [-0.39, 0.29) is 22.9 Å². The lowest BCUT2D eigenvalue weighted by molar-refractivity contribution is 0.498. The first-order valence-electron chi connectivity index (χ1n) is 12.7. The molecule has 4 aromatic rings. The van der Waals surface area contributed by atoms with Gasteiger partial charge in [-0.1, -0.05) is 83.9 Å². The predicted molar refractivity (Wildman–Crippen MR) is 169 cm³/mol. The molecule has 0 N–H and O–H groups in total. The Bertz CT molecular complexity index is 1660. The van der Waals surface area contributed by atoms with Crippen LogP contribution in [0.25, 0.3) is 0 Å². The lowest BCUT2D eigenvalue weighted by Gasteiger charge is -2.26. The molecular weight excluding hydrogens is 655 g/mol. The molecular formula is C31H31IN2O4S2. The summed E-state index contributed by atoms with van der Waals surface area (Å²) in [6, 6.07) is 31.9. The Kier molecular flexibility index (Phi) is 9.70. The van der Waals surface area contributed by atoms with Gasteiger partial charge in [0.25, 0.3) is 20.0 Å². The molecule has 0 heterocycles. The largest absolute Gasteiger partial charge is 0.272 e. The van der Waals surface area contributed by atoms with Crippen molar-refractivity contribution in [3.05, 3.63) is 136 Å². The van der Waals surface area contributed by atoms with E-state index in [0.29, 0.717) is 15.7 Å². The number of nitrogens with zero attached hydrogens (tertiary/aromatic N) is 2. The molecule has 0 unspecified atom stereocenters. The average molecular weight is 687 g/mol. The number of para-hydroxylation sites is 1. The normalized spacial score (nSPS) is 12.2. The van der Waals surface area contributed by atoms with E-state index in [1.165, 1.54) is 8.61 Å². The minimum Gasteiger partial charge on any atom is -0.272 e. The highest BCUT2D eigenvalue weighted by atomic mass is 127. The summed E-state index contributed by atoms with van der Waals surface area (Å²) in [5.74, 6) is 0. The highest BCUT2D eigenvalue weighted by Crippen LogP contribution is 2.27. The maximum atomic E-state index is 13.8. The van der Waals surface area contributed by atoms with Gasteiger partial charge in [0.15, 0.2) is 0 Å². The highest BCUT2D eigenvalue weighted by Gasteiger charge is 2.27. The smallest absolute Gasteiger partial charge is 0.264 e. The number of anilines is 1. The van der Waals surface area contributed by atoms with Crippen molar-refractivity contribution >= 4 is 48.3 Å². The van der Waals surface area contributed by atoms with Gasteiger partial charge in [0.05, 0.1) is 22.0 Å². The first-order valence-corrected chi connectivity index (χ1v) is 16.7. The Morgan fingerprint density at radius 1 is 0.675 bits per heavy atom. The zero-order valence-corrected chi connectivity index (χ0v) is 26.1. The van der Waals surface area contributed by atoms with Gasteiger partial charge in [-0.05, 0) is 84.8 Å². The maximum absolute atomic E-state index is 13.8. The van der Waals surface area contributed by atoms with Crippen LogP contribution in [-0.4, -0.2) is 34.2 Å². The predicted octanol–water partition coefficient (Wildman–Crippen LogP) is 6.71. The van der Waals surface area contributed by atoms with Crippen molar-refractivity contribution < 1.29 is 16.8 Å². The third kappa shape index (κ3) is 7.32.